The molecule has 37 heavy (non-hydrogen) atoms. The van der Waals surface area contributed by atoms with Crippen LogP contribution in [0.2, 0.25) is 0 Å². The van der Waals surface area contributed by atoms with E-state index in [-0.39, 0.29) is 11.7 Å². The van der Waals surface area contributed by atoms with Gasteiger partial charge in [-0.1, -0.05) is 71.9 Å². The Kier molecular flexibility index (Phi) is 7.37. The van der Waals surface area contributed by atoms with E-state index in [2.05, 4.69) is 17.5 Å². The molecule has 0 bridgehead atoms. The molecule has 7 heteroatoms. The number of carbonyl (C=O) groups is 1. The summed E-state index contributed by atoms with van der Waals surface area (Å²) < 4.78 is 0. The standard InChI is InChI=1S/C30H24N4OS2/c1-19-11-13-21(14-12-19)26-15-23(20-7-3-2-4-8-20)25(17-32)29(33-26)36-18-28(35)34-30-24(16-31)22-9-5-6-10-27(22)37-30/h2-4,7-8,11-15H,5-6,9-10,18H2,1H3,(H,34,35). The van der Waals surface area contributed by atoms with Gasteiger partial charge in [-0.2, -0.15) is 10.5 Å². The van der Waals surface area contributed by atoms with Crippen molar-refractivity contribution in [3.63, 3.8) is 0 Å². The van der Waals surface area contributed by atoms with Crippen molar-refractivity contribution in [2.75, 3.05) is 11.1 Å². The van der Waals surface area contributed by atoms with Crippen LogP contribution in [0.25, 0.3) is 22.4 Å². The summed E-state index contributed by atoms with van der Waals surface area (Å²) in [6.45, 7) is 2.03. The molecule has 0 saturated carbocycles. The fraction of sp³-hybridized carbons (Fsp3) is 0.200. The first kappa shape index (κ1) is 24.8. The SMILES string of the molecule is Cc1ccc(-c2cc(-c3ccccc3)c(C#N)c(SCC(=O)Nc3sc4c(c3C#N)CCCC4)n2)cc1. The monoisotopic (exact) mass is 520 g/mol. The van der Waals surface area contributed by atoms with Gasteiger partial charge >= 0.3 is 0 Å². The molecule has 2 heterocycles. The number of anilines is 1. The summed E-state index contributed by atoms with van der Waals surface area (Å²) in [4.78, 5) is 19.0. The first-order valence-corrected chi connectivity index (χ1v) is 13.9. The molecule has 0 unspecified atom stereocenters. The number of aromatic nitrogens is 1. The van der Waals surface area contributed by atoms with E-state index < -0.39 is 0 Å². The molecule has 1 amide bonds. The van der Waals surface area contributed by atoms with Crippen LogP contribution in [-0.4, -0.2) is 16.6 Å². The zero-order chi connectivity index (χ0) is 25.8. The number of amides is 1. The van der Waals surface area contributed by atoms with E-state index in [1.807, 2.05) is 67.6 Å². The van der Waals surface area contributed by atoms with Crippen LogP contribution in [-0.2, 0) is 17.6 Å². The average Bonchev–Trinajstić information content (AvgIpc) is 3.29. The third-order valence-corrected chi connectivity index (χ3v) is 8.59. The van der Waals surface area contributed by atoms with E-state index in [9.17, 15) is 15.3 Å². The minimum absolute atomic E-state index is 0.0840. The van der Waals surface area contributed by atoms with E-state index >= 15 is 0 Å². The second kappa shape index (κ2) is 11.0. The highest BCUT2D eigenvalue weighted by Crippen LogP contribution is 2.38. The number of thiophene rings is 1. The molecule has 0 radical (unpaired) electrons. The predicted molar refractivity (Wildman–Crippen MR) is 150 cm³/mol. The number of nitrogens with zero attached hydrogens (tertiary/aromatic N) is 3. The molecule has 4 aromatic rings. The zero-order valence-corrected chi connectivity index (χ0v) is 22.0. The summed E-state index contributed by atoms with van der Waals surface area (Å²) in [5.74, 6) is -0.131. The van der Waals surface area contributed by atoms with E-state index in [4.69, 9.17) is 4.98 Å². The summed E-state index contributed by atoms with van der Waals surface area (Å²) in [6.07, 6.45) is 4.04. The fourth-order valence-corrected chi connectivity index (χ4v) is 6.58. The van der Waals surface area contributed by atoms with E-state index in [0.29, 0.717) is 21.2 Å². The zero-order valence-electron chi connectivity index (χ0n) is 20.4. The Labute approximate surface area is 224 Å². The van der Waals surface area contributed by atoms with Gasteiger partial charge in [0.15, 0.2) is 0 Å². The summed E-state index contributed by atoms with van der Waals surface area (Å²) in [6, 6.07) is 24.4. The Morgan fingerprint density at radius 2 is 1.73 bits per heavy atom. The number of hydrogen-bond donors (Lipinski definition) is 1. The van der Waals surface area contributed by atoms with Crippen molar-refractivity contribution in [2.45, 2.75) is 37.6 Å². The molecule has 2 aromatic heterocycles. The first-order chi connectivity index (χ1) is 18.1. The van der Waals surface area contributed by atoms with Gasteiger partial charge in [-0.05, 0) is 49.8 Å². The smallest absolute Gasteiger partial charge is 0.235 e. The van der Waals surface area contributed by atoms with Crippen molar-refractivity contribution in [2.24, 2.45) is 0 Å². The summed E-state index contributed by atoms with van der Waals surface area (Å²) >= 11 is 2.76. The van der Waals surface area contributed by atoms with Crippen molar-refractivity contribution in [1.29, 1.82) is 10.5 Å². The highest BCUT2D eigenvalue weighted by Gasteiger charge is 2.22. The van der Waals surface area contributed by atoms with Crippen molar-refractivity contribution >= 4 is 34.0 Å². The molecule has 182 valence electrons. The Morgan fingerprint density at radius 1 is 1.00 bits per heavy atom. The highest BCUT2D eigenvalue weighted by atomic mass is 32.2. The number of benzene rings is 2. The summed E-state index contributed by atoms with van der Waals surface area (Å²) in [7, 11) is 0. The number of thioether (sulfide) groups is 1. The third kappa shape index (κ3) is 5.29. The van der Waals surface area contributed by atoms with Crippen LogP contribution >= 0.6 is 23.1 Å². The second-order valence-corrected chi connectivity index (χ2v) is 11.0. The number of fused-ring (bicyclic) bond motifs is 1. The maximum absolute atomic E-state index is 13.0. The highest BCUT2D eigenvalue weighted by molar-refractivity contribution is 8.00. The van der Waals surface area contributed by atoms with Crippen LogP contribution < -0.4 is 5.32 Å². The Hall–Kier alpha value is -3.91. The van der Waals surface area contributed by atoms with Crippen LogP contribution in [0.15, 0.2) is 65.7 Å². The molecule has 1 aliphatic rings. The number of nitriles is 2. The molecule has 0 atom stereocenters. The van der Waals surface area contributed by atoms with Crippen molar-refractivity contribution in [3.05, 3.63) is 87.8 Å². The molecule has 1 aliphatic carbocycles. The van der Waals surface area contributed by atoms with Gasteiger partial charge in [-0.15, -0.1) is 11.3 Å². The van der Waals surface area contributed by atoms with Crippen molar-refractivity contribution < 1.29 is 4.79 Å². The number of pyridine rings is 1. The van der Waals surface area contributed by atoms with Crippen molar-refractivity contribution in [3.8, 4) is 34.5 Å². The van der Waals surface area contributed by atoms with Crippen LogP contribution in [0.1, 0.15) is 40.0 Å². The topological polar surface area (TPSA) is 89.6 Å². The normalized spacial score (nSPS) is 12.3. The number of nitrogens with one attached hydrogen (secondary N) is 1. The van der Waals surface area contributed by atoms with Gasteiger partial charge in [-0.3, -0.25) is 4.79 Å². The molecule has 0 spiro atoms. The van der Waals surface area contributed by atoms with E-state index in [1.54, 1.807) is 0 Å². The number of aryl methyl sites for hydroxylation is 2. The lowest BCUT2D eigenvalue weighted by Crippen LogP contribution is -2.14. The van der Waals surface area contributed by atoms with Crippen molar-refractivity contribution in [1.82, 2.24) is 4.98 Å². The molecular weight excluding hydrogens is 496 g/mol. The van der Waals surface area contributed by atoms with Crippen LogP contribution in [0.4, 0.5) is 5.00 Å². The second-order valence-electron chi connectivity index (χ2n) is 8.94. The summed E-state index contributed by atoms with van der Waals surface area (Å²) in [5, 5.41) is 23.9. The minimum atomic E-state index is -0.215. The van der Waals surface area contributed by atoms with Crippen LogP contribution in [0, 0.1) is 29.6 Å². The lowest BCUT2D eigenvalue weighted by atomic mass is 9.96. The number of carbonyl (C=O) groups excluding carboxylic acids is 1. The predicted octanol–water partition coefficient (Wildman–Crippen LogP) is 7.14. The van der Waals surface area contributed by atoms with Crippen LogP contribution in [0.3, 0.4) is 0 Å². The van der Waals surface area contributed by atoms with Crippen LogP contribution in [0.5, 0.6) is 0 Å². The van der Waals surface area contributed by atoms with E-state index in [0.717, 1.165) is 59.2 Å². The van der Waals surface area contributed by atoms with Gasteiger partial charge in [0.25, 0.3) is 0 Å². The fourth-order valence-electron chi connectivity index (χ4n) is 4.52. The lowest BCUT2D eigenvalue weighted by molar-refractivity contribution is -0.113. The molecule has 2 aromatic carbocycles. The minimum Gasteiger partial charge on any atom is -0.316 e. The number of rotatable bonds is 6. The molecule has 5 rings (SSSR count). The number of hydrogen-bond acceptors (Lipinski definition) is 6. The lowest BCUT2D eigenvalue weighted by Gasteiger charge is -2.13. The van der Waals surface area contributed by atoms with Gasteiger partial charge in [-0.25, -0.2) is 4.98 Å². The van der Waals surface area contributed by atoms with Gasteiger partial charge < -0.3 is 5.32 Å². The molecule has 0 saturated heterocycles. The van der Waals surface area contributed by atoms with E-state index in [1.165, 1.54) is 28.0 Å². The quantitative estimate of drug-likeness (QED) is 0.273. The first-order valence-electron chi connectivity index (χ1n) is 12.1. The average molecular weight is 521 g/mol. The van der Waals surface area contributed by atoms with Gasteiger partial charge in [0, 0.05) is 16.0 Å². The Morgan fingerprint density at radius 3 is 2.46 bits per heavy atom. The summed E-state index contributed by atoms with van der Waals surface area (Å²) in [5.41, 5.74) is 6.69. The molecule has 5 nitrogen and oxygen atoms in total. The Bertz CT molecular complexity index is 1540. The molecule has 0 fully saturated rings. The largest absolute Gasteiger partial charge is 0.316 e. The van der Waals surface area contributed by atoms with Gasteiger partial charge in [0.05, 0.1) is 22.6 Å². The Balaban J connectivity index is 1.45. The maximum Gasteiger partial charge on any atom is 0.235 e. The van der Waals surface area contributed by atoms with Gasteiger partial charge in [0.2, 0.25) is 5.91 Å². The molecule has 0 aliphatic heterocycles. The molecule has 1 N–H and O–H groups in total. The van der Waals surface area contributed by atoms with Gasteiger partial charge in [0.1, 0.15) is 22.2 Å². The maximum atomic E-state index is 13.0. The third-order valence-electron chi connectivity index (χ3n) is 6.41. The molecular formula is C30H24N4OS2.